The standard InChI is InChI=1S/C47H56ClN3O6/c1-30(28-55-41-15-20-49-39-13-7-9-31(2)44(39)41)21-34-22-33-23-42-43(57-37(29-56-42)27-51(3)26-32-10-5-6-14-40(32)54-4)25-38(33)46(34)16-18-47(19-17-46,45(52)53)50-36-12-8-11-35(48)24-36/h5-6,8,10-12,14-15,20,23-25,30-31,34,37,50H,7,9,13,16-19,21-22,26-29H2,1-4H3,(H,52,53)/t30-,31-,34+,37-,46?,47?/m1/s1. The molecule has 3 aliphatic carbocycles. The van der Waals surface area contributed by atoms with Crippen molar-refractivity contribution in [1.82, 2.24) is 9.88 Å². The lowest BCUT2D eigenvalue weighted by Gasteiger charge is -2.47. The maximum absolute atomic E-state index is 13.1. The van der Waals surface area contributed by atoms with Gasteiger partial charge in [-0.15, -0.1) is 0 Å². The van der Waals surface area contributed by atoms with Crippen molar-refractivity contribution >= 4 is 23.3 Å². The van der Waals surface area contributed by atoms with Crippen LogP contribution in [-0.2, 0) is 29.6 Å². The topological polar surface area (TPSA) is 102 Å². The molecule has 2 heterocycles. The van der Waals surface area contributed by atoms with Crippen molar-refractivity contribution in [3.8, 4) is 23.0 Å². The van der Waals surface area contributed by atoms with Gasteiger partial charge in [0.25, 0.3) is 0 Å². The molecule has 2 N–H and O–H groups in total. The second-order valence-electron chi connectivity index (χ2n) is 17.2. The summed E-state index contributed by atoms with van der Waals surface area (Å²) < 4.78 is 25.4. The number of carboxylic acid groups (broad SMARTS) is 1. The lowest BCUT2D eigenvalue weighted by Crippen LogP contribution is -2.53. The maximum atomic E-state index is 13.1. The van der Waals surface area contributed by atoms with Crippen LogP contribution in [0.4, 0.5) is 5.69 Å². The molecule has 8 rings (SSSR count). The van der Waals surface area contributed by atoms with E-state index in [1.54, 1.807) is 19.2 Å². The molecule has 1 saturated carbocycles. The molecule has 3 aromatic carbocycles. The Morgan fingerprint density at radius 3 is 2.68 bits per heavy atom. The number of anilines is 1. The highest BCUT2D eigenvalue weighted by Gasteiger charge is 2.54. The number of pyridine rings is 1. The summed E-state index contributed by atoms with van der Waals surface area (Å²) in [6.07, 6.45) is 9.40. The van der Waals surface area contributed by atoms with Crippen LogP contribution >= 0.6 is 11.6 Å². The number of rotatable bonds is 13. The first-order valence-electron chi connectivity index (χ1n) is 20.7. The van der Waals surface area contributed by atoms with E-state index in [2.05, 4.69) is 54.3 Å². The third-order valence-electron chi connectivity index (χ3n) is 13.2. The van der Waals surface area contributed by atoms with Crippen molar-refractivity contribution in [1.29, 1.82) is 0 Å². The Hall–Kier alpha value is -4.47. The number of halogens is 1. The molecule has 0 bridgehead atoms. The van der Waals surface area contributed by atoms with E-state index < -0.39 is 11.5 Å². The molecule has 57 heavy (non-hydrogen) atoms. The van der Waals surface area contributed by atoms with Crippen LogP contribution in [0.3, 0.4) is 0 Å². The minimum absolute atomic E-state index is 0.143. The number of hydrogen-bond donors (Lipinski definition) is 2. The molecule has 0 radical (unpaired) electrons. The average Bonchev–Trinajstić information content (AvgIpc) is 3.47. The molecule has 0 amide bonds. The predicted octanol–water partition coefficient (Wildman–Crippen LogP) is 9.48. The predicted molar refractivity (Wildman–Crippen MR) is 223 cm³/mol. The van der Waals surface area contributed by atoms with Crippen LogP contribution in [0, 0.1) is 11.8 Å². The summed E-state index contributed by atoms with van der Waals surface area (Å²) in [7, 11) is 3.80. The Kier molecular flexibility index (Phi) is 11.3. The lowest BCUT2D eigenvalue weighted by atomic mass is 9.59. The average molecular weight is 794 g/mol. The fraction of sp³-hybridized carbons (Fsp3) is 0.489. The third-order valence-corrected chi connectivity index (χ3v) is 13.5. The summed E-state index contributed by atoms with van der Waals surface area (Å²) in [5.41, 5.74) is 5.56. The van der Waals surface area contributed by atoms with Crippen molar-refractivity contribution in [2.24, 2.45) is 11.8 Å². The number of nitrogens with zero attached hydrogens (tertiary/aromatic N) is 2. The summed E-state index contributed by atoms with van der Waals surface area (Å²) in [6, 6.07) is 21.9. The molecular weight excluding hydrogens is 738 g/mol. The number of nitrogens with one attached hydrogen (secondary N) is 1. The summed E-state index contributed by atoms with van der Waals surface area (Å²) in [6.45, 7) is 7.09. The van der Waals surface area contributed by atoms with E-state index in [0.29, 0.717) is 49.5 Å². The van der Waals surface area contributed by atoms with Crippen molar-refractivity contribution < 1.29 is 28.8 Å². The van der Waals surface area contributed by atoms with E-state index in [1.807, 2.05) is 42.6 Å². The van der Waals surface area contributed by atoms with Crippen LogP contribution in [-0.4, -0.2) is 66.5 Å². The van der Waals surface area contributed by atoms with Gasteiger partial charge in [-0.1, -0.05) is 49.7 Å². The fourth-order valence-corrected chi connectivity index (χ4v) is 10.5. The van der Waals surface area contributed by atoms with Crippen LogP contribution in [0.1, 0.15) is 92.7 Å². The molecule has 4 aromatic rings. The highest BCUT2D eigenvalue weighted by atomic mass is 35.5. The van der Waals surface area contributed by atoms with Gasteiger partial charge in [0, 0.05) is 46.8 Å². The molecule has 0 saturated heterocycles. The van der Waals surface area contributed by atoms with Gasteiger partial charge in [0.05, 0.1) is 13.7 Å². The summed E-state index contributed by atoms with van der Waals surface area (Å²) in [5.74, 6) is 3.62. The molecule has 4 aliphatic rings. The van der Waals surface area contributed by atoms with E-state index in [-0.39, 0.29) is 17.4 Å². The van der Waals surface area contributed by atoms with Gasteiger partial charge < -0.3 is 29.4 Å². The molecule has 0 unspecified atom stereocenters. The number of benzene rings is 3. The fourth-order valence-electron chi connectivity index (χ4n) is 10.3. The van der Waals surface area contributed by atoms with Crippen LogP contribution in [0.5, 0.6) is 23.0 Å². The number of methoxy groups -OCH3 is 1. The monoisotopic (exact) mass is 793 g/mol. The van der Waals surface area contributed by atoms with E-state index >= 15 is 0 Å². The van der Waals surface area contributed by atoms with Crippen molar-refractivity contribution in [3.63, 3.8) is 0 Å². The van der Waals surface area contributed by atoms with Gasteiger partial charge in [-0.25, -0.2) is 4.79 Å². The van der Waals surface area contributed by atoms with Gasteiger partial charge >= 0.3 is 5.97 Å². The first-order valence-corrected chi connectivity index (χ1v) is 21.1. The smallest absolute Gasteiger partial charge is 0.329 e. The molecule has 1 aliphatic heterocycles. The zero-order chi connectivity index (χ0) is 39.7. The number of ether oxygens (including phenoxy) is 4. The van der Waals surface area contributed by atoms with E-state index in [9.17, 15) is 9.90 Å². The second-order valence-corrected chi connectivity index (χ2v) is 17.6. The summed E-state index contributed by atoms with van der Waals surface area (Å²) >= 11 is 6.33. The van der Waals surface area contributed by atoms with Gasteiger partial charge in [-0.3, -0.25) is 9.88 Å². The van der Waals surface area contributed by atoms with Crippen LogP contribution in [0.15, 0.2) is 72.9 Å². The minimum Gasteiger partial charge on any atom is -0.496 e. The number of carboxylic acids is 1. The maximum Gasteiger partial charge on any atom is 0.329 e. The molecule has 1 spiro atoms. The van der Waals surface area contributed by atoms with Crippen LogP contribution in [0.2, 0.25) is 5.02 Å². The molecule has 1 fully saturated rings. The molecular formula is C47H56ClN3O6. The summed E-state index contributed by atoms with van der Waals surface area (Å²) in [5, 5.41) is 14.8. The molecule has 302 valence electrons. The number of aromatic nitrogens is 1. The van der Waals surface area contributed by atoms with Gasteiger partial charge in [0.1, 0.15) is 29.7 Å². The molecule has 9 nitrogen and oxygen atoms in total. The normalized spacial score (nSPS) is 25.4. The number of para-hydroxylation sites is 1. The van der Waals surface area contributed by atoms with E-state index in [4.69, 9.17) is 30.5 Å². The highest BCUT2D eigenvalue weighted by Crippen LogP contribution is 2.58. The Morgan fingerprint density at radius 1 is 1.07 bits per heavy atom. The molecule has 1 aromatic heterocycles. The quantitative estimate of drug-likeness (QED) is 0.137. The number of aryl methyl sites for hydroxylation is 1. The van der Waals surface area contributed by atoms with Crippen molar-refractivity contribution in [2.45, 2.75) is 101 Å². The molecule has 4 atom stereocenters. The Balaban J connectivity index is 1.03. The van der Waals surface area contributed by atoms with E-state index in [0.717, 1.165) is 79.3 Å². The number of carbonyl (C=O) groups is 1. The number of fused-ring (bicyclic) bond motifs is 4. The number of hydrogen-bond acceptors (Lipinski definition) is 8. The van der Waals surface area contributed by atoms with Crippen molar-refractivity contribution in [2.75, 3.05) is 39.2 Å². The zero-order valence-electron chi connectivity index (χ0n) is 33.7. The minimum atomic E-state index is -1.10. The highest BCUT2D eigenvalue weighted by molar-refractivity contribution is 6.30. The lowest BCUT2D eigenvalue weighted by molar-refractivity contribution is -0.144. The van der Waals surface area contributed by atoms with Crippen LogP contribution in [0.25, 0.3) is 0 Å². The molecule has 10 heteroatoms. The Morgan fingerprint density at radius 2 is 1.89 bits per heavy atom. The third kappa shape index (κ3) is 8.02. The van der Waals surface area contributed by atoms with E-state index in [1.165, 1.54) is 28.8 Å². The number of likely N-dealkylation sites (N-methyl/N-ethyl adjacent to an activating group) is 1. The SMILES string of the molecule is COc1ccccc1CN(C)C[C@@H]1COc2cc3c(cc2O1)C1(CCC(Nc2cccc(Cl)c2)(C(=O)O)CC1)[C@@H](C[C@@H](C)COc1ccnc2c1[C@H](C)CCC2)C3. The Bertz CT molecular complexity index is 2080. The van der Waals surface area contributed by atoms with Gasteiger partial charge in [-0.05, 0) is 142 Å². The zero-order valence-corrected chi connectivity index (χ0v) is 34.4. The second kappa shape index (κ2) is 16.4. The summed E-state index contributed by atoms with van der Waals surface area (Å²) in [4.78, 5) is 20.1. The van der Waals surface area contributed by atoms with Gasteiger partial charge in [0.15, 0.2) is 11.5 Å². The largest absolute Gasteiger partial charge is 0.496 e. The van der Waals surface area contributed by atoms with Gasteiger partial charge in [0.2, 0.25) is 0 Å². The first-order chi connectivity index (χ1) is 27.6. The van der Waals surface area contributed by atoms with Gasteiger partial charge in [-0.2, -0.15) is 0 Å². The van der Waals surface area contributed by atoms with Crippen LogP contribution < -0.4 is 24.3 Å². The number of aliphatic carboxylic acids is 1. The Labute approximate surface area is 342 Å². The van der Waals surface area contributed by atoms with Crippen molar-refractivity contribution in [3.05, 3.63) is 106 Å². The first kappa shape index (κ1) is 39.4.